The minimum atomic E-state index is -0.593. The molecular formula is C14H10F2OS. The third-order valence-corrected chi connectivity index (χ3v) is 3.53. The van der Waals surface area contributed by atoms with Crippen LogP contribution < -0.4 is 0 Å². The normalized spacial score (nSPS) is 10.4. The van der Waals surface area contributed by atoms with E-state index in [2.05, 4.69) is 0 Å². The van der Waals surface area contributed by atoms with Gasteiger partial charge in [-0.25, -0.2) is 8.78 Å². The fraction of sp³-hybridized carbons (Fsp3) is 0.0714. The summed E-state index contributed by atoms with van der Waals surface area (Å²) in [6.07, 6.45) is 0.780. The lowest BCUT2D eigenvalue weighted by Gasteiger charge is -2.05. The zero-order chi connectivity index (χ0) is 13.1. The molecule has 0 radical (unpaired) electrons. The maximum absolute atomic E-state index is 13.5. The average Bonchev–Trinajstić information content (AvgIpc) is 2.33. The standard InChI is InChI=1S/C14H10F2OS/c1-9-6-12(4-2-10(9)8-17)18-14-5-3-11(15)7-13(14)16/h2-8H,1H3. The van der Waals surface area contributed by atoms with Crippen LogP contribution >= 0.6 is 11.8 Å². The number of hydrogen-bond donors (Lipinski definition) is 0. The molecule has 0 saturated carbocycles. The molecule has 0 N–H and O–H groups in total. The molecule has 1 nitrogen and oxygen atoms in total. The van der Waals surface area contributed by atoms with Crippen molar-refractivity contribution in [3.8, 4) is 0 Å². The Hall–Kier alpha value is -1.68. The van der Waals surface area contributed by atoms with E-state index in [1.165, 1.54) is 23.9 Å². The summed E-state index contributed by atoms with van der Waals surface area (Å²) < 4.78 is 26.2. The van der Waals surface area contributed by atoms with Gasteiger partial charge in [-0.1, -0.05) is 17.8 Å². The van der Waals surface area contributed by atoms with Crippen molar-refractivity contribution in [2.24, 2.45) is 0 Å². The molecule has 0 spiro atoms. The van der Waals surface area contributed by atoms with Gasteiger partial charge in [-0.05, 0) is 36.8 Å². The highest BCUT2D eigenvalue weighted by Crippen LogP contribution is 2.31. The Morgan fingerprint density at radius 1 is 1.11 bits per heavy atom. The van der Waals surface area contributed by atoms with Gasteiger partial charge in [0.1, 0.15) is 17.9 Å². The van der Waals surface area contributed by atoms with E-state index in [4.69, 9.17) is 0 Å². The molecule has 0 atom stereocenters. The lowest BCUT2D eigenvalue weighted by atomic mass is 10.1. The fourth-order valence-corrected chi connectivity index (χ4v) is 2.45. The Labute approximate surface area is 108 Å². The van der Waals surface area contributed by atoms with Crippen molar-refractivity contribution < 1.29 is 13.6 Å². The molecule has 2 aromatic carbocycles. The number of aryl methyl sites for hydroxylation is 1. The molecule has 0 aromatic heterocycles. The van der Waals surface area contributed by atoms with E-state index >= 15 is 0 Å². The third kappa shape index (κ3) is 2.76. The van der Waals surface area contributed by atoms with Gasteiger partial charge in [0.2, 0.25) is 0 Å². The van der Waals surface area contributed by atoms with Crippen LogP contribution in [0.5, 0.6) is 0 Å². The van der Waals surface area contributed by atoms with Crippen LogP contribution in [0, 0.1) is 18.6 Å². The second-order valence-electron chi connectivity index (χ2n) is 3.81. The Morgan fingerprint density at radius 3 is 2.50 bits per heavy atom. The molecule has 2 aromatic rings. The molecule has 0 fully saturated rings. The average molecular weight is 264 g/mol. The van der Waals surface area contributed by atoms with Crippen molar-refractivity contribution in [1.82, 2.24) is 0 Å². The summed E-state index contributed by atoms with van der Waals surface area (Å²) in [6, 6.07) is 8.71. The van der Waals surface area contributed by atoms with E-state index in [1.54, 1.807) is 18.2 Å². The zero-order valence-corrected chi connectivity index (χ0v) is 10.4. The third-order valence-electron chi connectivity index (χ3n) is 2.49. The summed E-state index contributed by atoms with van der Waals surface area (Å²) in [5.41, 5.74) is 1.44. The van der Waals surface area contributed by atoms with Gasteiger partial charge in [0, 0.05) is 21.4 Å². The summed E-state index contributed by atoms with van der Waals surface area (Å²) in [4.78, 5) is 11.8. The lowest BCUT2D eigenvalue weighted by Crippen LogP contribution is -1.87. The van der Waals surface area contributed by atoms with Crippen molar-refractivity contribution in [3.63, 3.8) is 0 Å². The van der Waals surface area contributed by atoms with Crippen LogP contribution in [0.25, 0.3) is 0 Å². The highest BCUT2D eigenvalue weighted by atomic mass is 32.2. The van der Waals surface area contributed by atoms with Crippen LogP contribution in [-0.4, -0.2) is 6.29 Å². The van der Waals surface area contributed by atoms with E-state index in [0.29, 0.717) is 10.5 Å². The van der Waals surface area contributed by atoms with E-state index in [1.807, 2.05) is 6.92 Å². The van der Waals surface area contributed by atoms with Crippen LogP contribution in [-0.2, 0) is 0 Å². The maximum atomic E-state index is 13.5. The minimum Gasteiger partial charge on any atom is -0.298 e. The Morgan fingerprint density at radius 2 is 1.89 bits per heavy atom. The van der Waals surface area contributed by atoms with Crippen LogP contribution in [0.1, 0.15) is 15.9 Å². The molecule has 18 heavy (non-hydrogen) atoms. The van der Waals surface area contributed by atoms with Crippen molar-refractivity contribution >= 4 is 18.0 Å². The fourth-order valence-electron chi connectivity index (χ4n) is 1.53. The highest BCUT2D eigenvalue weighted by molar-refractivity contribution is 7.99. The zero-order valence-electron chi connectivity index (χ0n) is 9.61. The van der Waals surface area contributed by atoms with E-state index in [9.17, 15) is 13.6 Å². The molecule has 0 unspecified atom stereocenters. The van der Waals surface area contributed by atoms with Crippen LogP contribution in [0.2, 0.25) is 0 Å². The molecule has 4 heteroatoms. The first-order chi connectivity index (χ1) is 8.60. The highest BCUT2D eigenvalue weighted by Gasteiger charge is 2.07. The molecule has 0 bridgehead atoms. The van der Waals surface area contributed by atoms with Gasteiger partial charge >= 0.3 is 0 Å². The van der Waals surface area contributed by atoms with Crippen molar-refractivity contribution in [1.29, 1.82) is 0 Å². The minimum absolute atomic E-state index is 0.356. The first-order valence-corrected chi connectivity index (χ1v) is 6.10. The van der Waals surface area contributed by atoms with Crippen molar-refractivity contribution in [2.75, 3.05) is 0 Å². The molecular weight excluding hydrogens is 254 g/mol. The number of benzene rings is 2. The molecule has 0 aliphatic rings. The largest absolute Gasteiger partial charge is 0.298 e. The van der Waals surface area contributed by atoms with Gasteiger partial charge in [0.15, 0.2) is 0 Å². The quantitative estimate of drug-likeness (QED) is 0.771. The molecule has 0 aliphatic carbocycles. The van der Waals surface area contributed by atoms with Gasteiger partial charge in [-0.2, -0.15) is 0 Å². The smallest absolute Gasteiger partial charge is 0.150 e. The summed E-state index contributed by atoms with van der Waals surface area (Å²) in [5.74, 6) is -1.18. The van der Waals surface area contributed by atoms with Crippen LogP contribution in [0.3, 0.4) is 0 Å². The Kier molecular flexibility index (Phi) is 3.77. The summed E-state index contributed by atoms with van der Waals surface area (Å²) >= 11 is 1.20. The van der Waals surface area contributed by atoms with Crippen molar-refractivity contribution in [3.05, 3.63) is 59.2 Å². The predicted octanol–water partition coefficient (Wildman–Crippen LogP) is 4.24. The maximum Gasteiger partial charge on any atom is 0.150 e. The second-order valence-corrected chi connectivity index (χ2v) is 4.93. The van der Waals surface area contributed by atoms with Crippen molar-refractivity contribution in [2.45, 2.75) is 16.7 Å². The van der Waals surface area contributed by atoms with E-state index in [0.717, 1.165) is 22.8 Å². The van der Waals surface area contributed by atoms with Gasteiger partial charge in [-0.15, -0.1) is 0 Å². The van der Waals surface area contributed by atoms with Crippen LogP contribution in [0.15, 0.2) is 46.2 Å². The number of hydrogen-bond acceptors (Lipinski definition) is 2. The molecule has 0 aliphatic heterocycles. The van der Waals surface area contributed by atoms with Crippen LogP contribution in [0.4, 0.5) is 8.78 Å². The van der Waals surface area contributed by atoms with Gasteiger partial charge in [-0.3, -0.25) is 4.79 Å². The topological polar surface area (TPSA) is 17.1 Å². The molecule has 0 amide bonds. The lowest BCUT2D eigenvalue weighted by molar-refractivity contribution is 0.112. The molecule has 0 saturated heterocycles. The molecule has 92 valence electrons. The number of halogens is 2. The first-order valence-electron chi connectivity index (χ1n) is 5.29. The summed E-state index contributed by atoms with van der Waals surface area (Å²) in [5, 5.41) is 0. The first kappa shape index (κ1) is 12.8. The Balaban J connectivity index is 2.28. The van der Waals surface area contributed by atoms with E-state index < -0.39 is 11.6 Å². The van der Waals surface area contributed by atoms with Gasteiger partial charge in [0.05, 0.1) is 0 Å². The number of carbonyl (C=O) groups excluding carboxylic acids is 1. The summed E-state index contributed by atoms with van der Waals surface area (Å²) in [6.45, 7) is 1.81. The molecule has 2 rings (SSSR count). The summed E-state index contributed by atoms with van der Waals surface area (Å²) in [7, 11) is 0. The van der Waals surface area contributed by atoms with Gasteiger partial charge < -0.3 is 0 Å². The second kappa shape index (κ2) is 5.31. The molecule has 0 heterocycles. The SMILES string of the molecule is Cc1cc(Sc2ccc(F)cc2F)ccc1C=O. The number of aldehydes is 1. The van der Waals surface area contributed by atoms with E-state index in [-0.39, 0.29) is 0 Å². The Bertz CT molecular complexity index is 596. The monoisotopic (exact) mass is 264 g/mol. The van der Waals surface area contributed by atoms with Gasteiger partial charge in [0.25, 0.3) is 0 Å². The number of rotatable bonds is 3. The predicted molar refractivity (Wildman–Crippen MR) is 67.0 cm³/mol. The number of carbonyl (C=O) groups is 1.